The quantitative estimate of drug-likeness (QED) is 0.0374. The van der Waals surface area contributed by atoms with Crippen molar-refractivity contribution in [2.24, 2.45) is 0 Å². The minimum atomic E-state index is -1.70. The van der Waals surface area contributed by atoms with Gasteiger partial charge in [0.1, 0.15) is 0 Å². The van der Waals surface area contributed by atoms with E-state index in [1.807, 2.05) is 0 Å². The zero-order valence-electron chi connectivity index (χ0n) is 74.9. The number of rotatable bonds is 26. The van der Waals surface area contributed by atoms with Crippen molar-refractivity contribution in [1.82, 2.24) is 0 Å². The van der Waals surface area contributed by atoms with Gasteiger partial charge in [-0.2, -0.15) is 0 Å². The molecule has 8 aromatic rings. The van der Waals surface area contributed by atoms with Gasteiger partial charge in [0.25, 0.3) is 0 Å². The molecule has 0 amide bonds. The van der Waals surface area contributed by atoms with Crippen LogP contribution in [-0.2, 0) is 0 Å². The zero-order valence-corrected chi connectivity index (χ0v) is 78.9. The largest absolute Gasteiger partial charge is 0.0701 e. The van der Waals surface area contributed by atoms with E-state index in [9.17, 15) is 0 Å². The molecule has 0 saturated carbocycles. The van der Waals surface area contributed by atoms with Gasteiger partial charge in [-0.1, -0.05) is 358 Å². The third kappa shape index (κ3) is 19.1. The Morgan fingerprint density at radius 3 is 0.389 bits per heavy atom. The zero-order chi connectivity index (χ0) is 80.4. The van der Waals surface area contributed by atoms with E-state index in [0.29, 0.717) is 107 Å². The van der Waals surface area contributed by atoms with Crippen molar-refractivity contribution in [1.29, 1.82) is 0 Å². The highest BCUT2D eigenvalue weighted by molar-refractivity contribution is 7.20. The summed E-state index contributed by atoms with van der Waals surface area (Å²) in [6.45, 7) is 88.7. The Labute approximate surface area is 668 Å². The summed E-state index contributed by atoms with van der Waals surface area (Å²) < 4.78 is 0. The maximum atomic E-state index is 3.88. The highest BCUT2D eigenvalue weighted by Crippen LogP contribution is 2.36. The Hall–Kier alpha value is -5.81. The van der Waals surface area contributed by atoms with Gasteiger partial charge in [0, 0.05) is 11.1 Å². The van der Waals surface area contributed by atoms with Crippen LogP contribution >= 0.6 is 0 Å². The van der Waals surface area contributed by atoms with E-state index in [1.165, 1.54) is 43.8 Å². The third-order valence-electron chi connectivity index (χ3n) is 23.5. The van der Waals surface area contributed by atoms with Crippen molar-refractivity contribution < 1.29 is 0 Å². The van der Waals surface area contributed by atoms with Crippen LogP contribution in [-0.4, -0.2) is 31.6 Å². The molecule has 0 radical (unpaired) electrons. The normalized spacial score (nSPS) is 12.4. The van der Waals surface area contributed by atoms with E-state index in [2.05, 4.69) is 382 Å². The van der Waals surface area contributed by atoms with Crippen LogP contribution < -0.4 is 41.5 Å². The van der Waals surface area contributed by atoms with Crippen LogP contribution in [0.15, 0.2) is 121 Å². The van der Waals surface area contributed by atoms with E-state index < -0.39 is 31.6 Å². The summed E-state index contributed by atoms with van der Waals surface area (Å²) in [6, 6.07) is 52.2. The highest BCUT2D eigenvalue weighted by Gasteiger charge is 2.37. The SMILES string of the molecule is CC(C)c1cc(C(C)C)c([Si](c2ccc(C#Cc3ccc([Si](c4c(C(C)C)cc(C(C)C)cc4C(C)C)=[Si](c4c(C(C)C)cc(C(C)C)cc4C(C)C)c4c(C(C)C)cc(C(C)C)cc4C(C)C)cc3)cc2)=[Si](c2c(C(C)C)cc(C(C)C)cc2C(C)C)c2c(C(C)C)cc(C(C)C)cc2C(C)C)c(C(C)C)c1. The van der Waals surface area contributed by atoms with Crippen molar-refractivity contribution in [3.63, 3.8) is 0 Å². The summed E-state index contributed by atoms with van der Waals surface area (Å²) in [6.07, 6.45) is 0. The standard InChI is InChI=1S/C104H146Si4/c1-59(2)79-47-87(65(13)14)99(88(48-79)66(15)16)105(107(101-91(69(21)22)51-81(61(5)6)52-92(101)70(23)24)102-93(71(25)26)53-82(62(7)8)54-94(102)72(27)28)85-43-39-77(40-44-85)37-38-78-41-45-86(46-42-78)106(100-89(67(17)18)49-80(60(3)4)50-90(100)68(19)20)108(103-95(73(29)30)55-83(63(9)10)56-96(103)74(31)32)104-97(75(33)34)57-84(64(11)12)58-98(104)76(35)36/h39-76H,1-36H3. The monoisotopic (exact) mass is 1510 g/mol. The van der Waals surface area contributed by atoms with Gasteiger partial charge in [0.2, 0.25) is 0 Å². The molecule has 8 rings (SSSR count). The molecule has 0 aromatic heterocycles. The van der Waals surface area contributed by atoms with Crippen molar-refractivity contribution in [3.05, 3.63) is 233 Å². The van der Waals surface area contributed by atoms with Crippen molar-refractivity contribution in [3.8, 4) is 11.8 Å². The maximum absolute atomic E-state index is 3.88. The third-order valence-corrected chi connectivity index (χ3v) is 42.0. The predicted molar refractivity (Wildman–Crippen MR) is 491 cm³/mol. The molecule has 578 valence electrons. The molecule has 0 fully saturated rings. The van der Waals surface area contributed by atoms with Crippen LogP contribution in [0.2, 0.25) is 0 Å². The molecular weight excluding hydrogens is 1360 g/mol. The summed E-state index contributed by atoms with van der Waals surface area (Å²) in [5.41, 5.74) is 29.7. The average Bonchev–Trinajstić information content (AvgIpc) is 0.729. The second-order valence-electron chi connectivity index (χ2n) is 38.1. The topological polar surface area (TPSA) is 0 Å². The number of benzene rings is 8. The lowest BCUT2D eigenvalue weighted by atomic mass is 9.89. The smallest absolute Gasteiger partial charge is 0.0617 e. The summed E-state index contributed by atoms with van der Waals surface area (Å²) >= 11 is 0. The molecule has 0 heterocycles. The van der Waals surface area contributed by atoms with Crippen LogP contribution in [0.25, 0.3) is 0 Å². The van der Waals surface area contributed by atoms with Gasteiger partial charge >= 0.3 is 0 Å². The van der Waals surface area contributed by atoms with Gasteiger partial charge in [-0.15, -0.1) is 0 Å². The fourth-order valence-corrected chi connectivity index (χ4v) is 41.0. The van der Waals surface area contributed by atoms with Crippen LogP contribution in [0.5, 0.6) is 0 Å². The minimum Gasteiger partial charge on any atom is -0.0617 e. The summed E-state index contributed by atoms with van der Waals surface area (Å²) in [7, 11) is -6.77. The molecule has 0 nitrogen and oxygen atoms in total. The summed E-state index contributed by atoms with van der Waals surface area (Å²) in [5, 5.41) is 13.1. The van der Waals surface area contributed by atoms with Gasteiger partial charge < -0.3 is 0 Å². The highest BCUT2D eigenvalue weighted by atomic mass is 28.9. The lowest BCUT2D eigenvalue weighted by molar-refractivity contribution is 0.809. The van der Waals surface area contributed by atoms with E-state index in [1.54, 1.807) is 97.9 Å². The predicted octanol–water partition coefficient (Wildman–Crippen LogP) is 25.3. The van der Waals surface area contributed by atoms with Gasteiger partial charge in [-0.3, -0.25) is 0 Å². The molecule has 4 heteroatoms. The fourth-order valence-electron chi connectivity index (χ4n) is 16.6. The lowest BCUT2D eigenvalue weighted by Crippen LogP contribution is -2.57. The van der Waals surface area contributed by atoms with Crippen molar-refractivity contribution in [2.45, 2.75) is 356 Å². The van der Waals surface area contributed by atoms with E-state index >= 15 is 0 Å². The molecule has 0 aliphatic rings. The first-order valence-electron chi connectivity index (χ1n) is 42.8. The van der Waals surface area contributed by atoms with Crippen molar-refractivity contribution >= 4 is 73.1 Å². The Balaban J connectivity index is 1.56. The van der Waals surface area contributed by atoms with Crippen LogP contribution in [0.4, 0.5) is 0 Å². The van der Waals surface area contributed by atoms with Gasteiger partial charge in [-0.25, -0.2) is 0 Å². The molecule has 0 aliphatic heterocycles. The summed E-state index contributed by atoms with van der Waals surface area (Å²) in [4.78, 5) is 0. The fraction of sp³-hybridized carbons (Fsp3) is 0.519. The van der Waals surface area contributed by atoms with Gasteiger partial charge in [-0.05, 0) is 272 Å². The molecular formula is C104H146Si4. The van der Waals surface area contributed by atoms with E-state index in [4.69, 9.17) is 0 Å². The minimum absolute atomic E-state index is 0.341. The first-order chi connectivity index (χ1) is 50.5. The molecule has 0 unspecified atom stereocenters. The number of hydrogen-bond donors (Lipinski definition) is 0. The van der Waals surface area contributed by atoms with Crippen LogP contribution in [0.3, 0.4) is 0 Å². The Kier molecular flexibility index (Phi) is 29.9. The van der Waals surface area contributed by atoms with Crippen molar-refractivity contribution in [2.75, 3.05) is 0 Å². The second kappa shape index (κ2) is 36.8. The summed E-state index contributed by atoms with van der Waals surface area (Å²) in [5.74, 6) is 14.4. The lowest BCUT2D eigenvalue weighted by Gasteiger charge is -2.33. The molecule has 0 atom stereocenters. The molecule has 0 bridgehead atoms. The van der Waals surface area contributed by atoms with E-state index in [-0.39, 0.29) is 0 Å². The Bertz CT molecular complexity index is 3990. The van der Waals surface area contributed by atoms with Crippen LogP contribution in [0.1, 0.15) is 467 Å². The molecule has 0 saturated heterocycles. The Morgan fingerprint density at radius 2 is 0.278 bits per heavy atom. The molecule has 8 aromatic carbocycles. The molecule has 108 heavy (non-hydrogen) atoms. The first-order valence-corrected chi connectivity index (χ1v) is 50.8. The Morgan fingerprint density at radius 1 is 0.157 bits per heavy atom. The average molecular weight is 1510 g/mol. The molecule has 0 spiro atoms. The number of hydrogen-bond acceptors (Lipinski definition) is 0. The first kappa shape index (κ1) is 87.8. The van der Waals surface area contributed by atoms with E-state index in [0.717, 1.165) is 11.1 Å². The van der Waals surface area contributed by atoms with Gasteiger partial charge in [0.05, 0.1) is 31.6 Å². The van der Waals surface area contributed by atoms with Crippen LogP contribution in [0, 0.1) is 11.8 Å². The molecule has 0 N–H and O–H groups in total. The molecule has 0 aliphatic carbocycles. The maximum Gasteiger partial charge on any atom is 0.0701 e. The second-order valence-corrected chi connectivity index (χ2v) is 51.3. The van der Waals surface area contributed by atoms with Gasteiger partial charge in [0.15, 0.2) is 0 Å².